The van der Waals surface area contributed by atoms with Gasteiger partial charge in [0.05, 0.1) is 5.88 Å². The SMILES string of the molecule is CN(Cc1cccc(Br)c1)c1ncccc1CCl. The number of hydrogen-bond acceptors (Lipinski definition) is 2. The summed E-state index contributed by atoms with van der Waals surface area (Å²) >= 11 is 9.41. The highest BCUT2D eigenvalue weighted by atomic mass is 79.9. The third-order valence-corrected chi connectivity index (χ3v) is 3.46. The molecule has 0 amide bonds. The van der Waals surface area contributed by atoms with E-state index in [0.717, 1.165) is 22.4 Å². The number of anilines is 1. The number of benzene rings is 1. The molecule has 0 unspecified atom stereocenters. The Morgan fingerprint density at radius 2 is 2.11 bits per heavy atom. The van der Waals surface area contributed by atoms with Gasteiger partial charge in [-0.3, -0.25) is 0 Å². The fourth-order valence-corrected chi connectivity index (χ4v) is 2.52. The molecule has 0 aliphatic rings. The van der Waals surface area contributed by atoms with Crippen molar-refractivity contribution in [3.05, 3.63) is 58.2 Å². The first-order chi connectivity index (χ1) is 8.70. The van der Waals surface area contributed by atoms with E-state index in [0.29, 0.717) is 5.88 Å². The monoisotopic (exact) mass is 324 g/mol. The third-order valence-electron chi connectivity index (χ3n) is 2.68. The molecule has 0 aliphatic carbocycles. The molecule has 0 aliphatic heterocycles. The highest BCUT2D eigenvalue weighted by Gasteiger charge is 2.08. The second-order valence-electron chi connectivity index (χ2n) is 4.11. The van der Waals surface area contributed by atoms with E-state index >= 15 is 0 Å². The van der Waals surface area contributed by atoms with Gasteiger partial charge in [0.15, 0.2) is 0 Å². The fraction of sp³-hybridized carbons (Fsp3) is 0.214. The molecule has 2 aromatic rings. The van der Waals surface area contributed by atoms with Gasteiger partial charge in [0.1, 0.15) is 5.82 Å². The molecule has 0 saturated carbocycles. The van der Waals surface area contributed by atoms with Gasteiger partial charge in [-0.05, 0) is 23.8 Å². The highest BCUT2D eigenvalue weighted by Crippen LogP contribution is 2.20. The molecule has 1 aromatic heterocycles. The quantitative estimate of drug-likeness (QED) is 0.782. The summed E-state index contributed by atoms with van der Waals surface area (Å²) in [6.07, 6.45) is 1.79. The maximum Gasteiger partial charge on any atom is 0.132 e. The second-order valence-corrected chi connectivity index (χ2v) is 5.29. The van der Waals surface area contributed by atoms with Crippen LogP contribution < -0.4 is 4.90 Å². The van der Waals surface area contributed by atoms with Crippen molar-refractivity contribution in [1.29, 1.82) is 0 Å². The summed E-state index contributed by atoms with van der Waals surface area (Å²) in [5, 5.41) is 0. The summed E-state index contributed by atoms with van der Waals surface area (Å²) in [5.41, 5.74) is 2.29. The van der Waals surface area contributed by atoms with Crippen LogP contribution in [-0.4, -0.2) is 12.0 Å². The fourth-order valence-electron chi connectivity index (χ4n) is 1.86. The molecule has 0 fully saturated rings. The maximum absolute atomic E-state index is 5.93. The normalized spacial score (nSPS) is 10.4. The Morgan fingerprint density at radius 3 is 2.83 bits per heavy atom. The van der Waals surface area contributed by atoms with Gasteiger partial charge in [-0.25, -0.2) is 4.98 Å². The number of aromatic nitrogens is 1. The smallest absolute Gasteiger partial charge is 0.132 e. The molecular formula is C14H14BrClN2. The molecule has 94 valence electrons. The summed E-state index contributed by atoms with van der Waals surface area (Å²) in [4.78, 5) is 6.51. The number of pyridine rings is 1. The predicted octanol–water partition coefficient (Wildman–Crippen LogP) is 4.22. The molecule has 4 heteroatoms. The molecule has 1 heterocycles. The number of halogens is 2. The van der Waals surface area contributed by atoms with E-state index in [1.165, 1.54) is 5.56 Å². The topological polar surface area (TPSA) is 16.1 Å². The van der Waals surface area contributed by atoms with E-state index in [9.17, 15) is 0 Å². The first kappa shape index (κ1) is 13.4. The van der Waals surface area contributed by atoms with Gasteiger partial charge in [0.2, 0.25) is 0 Å². The zero-order valence-electron chi connectivity index (χ0n) is 10.1. The Bertz CT molecular complexity index is 531. The molecule has 0 saturated heterocycles. The van der Waals surface area contributed by atoms with Crippen LogP contribution in [0, 0.1) is 0 Å². The first-order valence-corrected chi connectivity index (χ1v) is 6.99. The first-order valence-electron chi connectivity index (χ1n) is 5.66. The number of alkyl halides is 1. The van der Waals surface area contributed by atoms with Crippen molar-refractivity contribution >= 4 is 33.3 Å². The standard InChI is InChI=1S/C14H14BrClN2/c1-18(10-11-4-2-6-13(15)8-11)14-12(9-16)5-3-7-17-14/h2-8H,9-10H2,1H3. The van der Waals surface area contributed by atoms with E-state index in [1.54, 1.807) is 6.20 Å². The van der Waals surface area contributed by atoms with Gasteiger partial charge in [-0.1, -0.05) is 34.1 Å². The van der Waals surface area contributed by atoms with Crippen molar-refractivity contribution in [1.82, 2.24) is 4.98 Å². The minimum absolute atomic E-state index is 0.478. The lowest BCUT2D eigenvalue weighted by Gasteiger charge is -2.20. The predicted molar refractivity (Wildman–Crippen MR) is 80.0 cm³/mol. The van der Waals surface area contributed by atoms with Crippen molar-refractivity contribution < 1.29 is 0 Å². The highest BCUT2D eigenvalue weighted by molar-refractivity contribution is 9.10. The Hall–Kier alpha value is -1.06. The Balaban J connectivity index is 2.19. The summed E-state index contributed by atoms with van der Waals surface area (Å²) in [5.74, 6) is 1.42. The zero-order valence-corrected chi connectivity index (χ0v) is 12.4. The Morgan fingerprint density at radius 1 is 1.28 bits per heavy atom. The second kappa shape index (κ2) is 6.21. The van der Waals surface area contributed by atoms with Crippen LogP contribution in [0.1, 0.15) is 11.1 Å². The van der Waals surface area contributed by atoms with Crippen LogP contribution in [0.2, 0.25) is 0 Å². The van der Waals surface area contributed by atoms with Gasteiger partial charge in [0.25, 0.3) is 0 Å². The molecule has 18 heavy (non-hydrogen) atoms. The molecule has 0 bridgehead atoms. The van der Waals surface area contributed by atoms with Gasteiger partial charge in [-0.15, -0.1) is 11.6 Å². The molecule has 2 nitrogen and oxygen atoms in total. The van der Waals surface area contributed by atoms with Crippen LogP contribution in [0.4, 0.5) is 5.82 Å². The van der Waals surface area contributed by atoms with E-state index in [-0.39, 0.29) is 0 Å². The molecule has 0 spiro atoms. The molecule has 1 aromatic carbocycles. The van der Waals surface area contributed by atoms with Gasteiger partial charge >= 0.3 is 0 Å². The summed E-state index contributed by atoms with van der Waals surface area (Å²) in [6, 6.07) is 12.2. The average molecular weight is 326 g/mol. The Kier molecular flexibility index (Phi) is 4.61. The molecular weight excluding hydrogens is 312 g/mol. The number of nitrogens with zero attached hydrogens (tertiary/aromatic N) is 2. The van der Waals surface area contributed by atoms with Crippen molar-refractivity contribution in [3.63, 3.8) is 0 Å². The van der Waals surface area contributed by atoms with Crippen LogP contribution in [0.25, 0.3) is 0 Å². The summed E-state index contributed by atoms with van der Waals surface area (Å²) < 4.78 is 1.09. The minimum Gasteiger partial charge on any atom is -0.355 e. The van der Waals surface area contributed by atoms with Crippen LogP contribution in [0.15, 0.2) is 47.1 Å². The van der Waals surface area contributed by atoms with Gasteiger partial charge < -0.3 is 4.90 Å². The van der Waals surface area contributed by atoms with Crippen LogP contribution >= 0.6 is 27.5 Å². The van der Waals surface area contributed by atoms with Gasteiger partial charge in [0, 0.05) is 29.8 Å². The van der Waals surface area contributed by atoms with E-state index in [2.05, 4.69) is 37.9 Å². The summed E-state index contributed by atoms with van der Waals surface area (Å²) in [6.45, 7) is 0.806. The van der Waals surface area contributed by atoms with Gasteiger partial charge in [-0.2, -0.15) is 0 Å². The average Bonchev–Trinajstić information content (AvgIpc) is 2.38. The van der Waals surface area contributed by atoms with E-state index in [4.69, 9.17) is 11.6 Å². The largest absolute Gasteiger partial charge is 0.355 e. The van der Waals surface area contributed by atoms with E-state index < -0.39 is 0 Å². The molecule has 0 atom stereocenters. The maximum atomic E-state index is 5.93. The lowest BCUT2D eigenvalue weighted by molar-refractivity contribution is 0.888. The van der Waals surface area contributed by atoms with Crippen molar-refractivity contribution in [2.45, 2.75) is 12.4 Å². The zero-order chi connectivity index (χ0) is 13.0. The molecule has 0 radical (unpaired) electrons. The van der Waals surface area contributed by atoms with Crippen LogP contribution in [0.3, 0.4) is 0 Å². The third kappa shape index (κ3) is 3.24. The van der Waals surface area contributed by atoms with E-state index in [1.807, 2.05) is 31.3 Å². The molecule has 0 N–H and O–H groups in total. The van der Waals surface area contributed by atoms with Crippen molar-refractivity contribution in [3.8, 4) is 0 Å². The number of rotatable bonds is 4. The van der Waals surface area contributed by atoms with Crippen LogP contribution in [0.5, 0.6) is 0 Å². The number of hydrogen-bond donors (Lipinski definition) is 0. The lowest BCUT2D eigenvalue weighted by Crippen LogP contribution is -2.19. The summed E-state index contributed by atoms with van der Waals surface area (Å²) in [7, 11) is 2.03. The molecule has 2 rings (SSSR count). The van der Waals surface area contributed by atoms with Crippen molar-refractivity contribution in [2.75, 3.05) is 11.9 Å². The lowest BCUT2D eigenvalue weighted by atomic mass is 10.2. The van der Waals surface area contributed by atoms with Crippen molar-refractivity contribution in [2.24, 2.45) is 0 Å². The Labute approximate surface area is 121 Å². The minimum atomic E-state index is 0.478. The van der Waals surface area contributed by atoms with Crippen LogP contribution in [-0.2, 0) is 12.4 Å².